The Labute approximate surface area is 240 Å². The number of amides is 1. The van der Waals surface area contributed by atoms with Crippen LogP contribution in [0.15, 0.2) is 121 Å². The summed E-state index contributed by atoms with van der Waals surface area (Å²) < 4.78 is 24.2. The molecule has 7 heteroatoms. The van der Waals surface area contributed by atoms with Crippen molar-refractivity contribution in [3.05, 3.63) is 144 Å². The highest BCUT2D eigenvalue weighted by molar-refractivity contribution is 5.87. The van der Waals surface area contributed by atoms with Crippen LogP contribution in [0.25, 0.3) is 0 Å². The summed E-state index contributed by atoms with van der Waals surface area (Å²) in [6.07, 6.45) is -3.59. The van der Waals surface area contributed by atoms with Gasteiger partial charge < -0.3 is 24.7 Å². The van der Waals surface area contributed by atoms with Crippen molar-refractivity contribution in [1.29, 1.82) is 0 Å². The zero-order valence-corrected chi connectivity index (χ0v) is 22.8. The van der Waals surface area contributed by atoms with Crippen LogP contribution >= 0.6 is 0 Å². The minimum Gasteiger partial charge on any atom is -0.369 e. The average molecular weight is 554 g/mol. The Bertz CT molecular complexity index is 1320. The van der Waals surface area contributed by atoms with E-state index in [9.17, 15) is 9.59 Å². The molecule has 0 heterocycles. The Morgan fingerprint density at radius 2 is 0.878 bits per heavy atom. The van der Waals surface area contributed by atoms with Crippen LogP contribution in [0.5, 0.6) is 0 Å². The number of benzene rings is 4. The van der Waals surface area contributed by atoms with Crippen LogP contribution in [-0.4, -0.2) is 36.6 Å². The molecule has 212 valence electrons. The molecule has 4 rings (SSSR count). The molecule has 0 saturated heterocycles. The van der Waals surface area contributed by atoms with Crippen molar-refractivity contribution in [3.63, 3.8) is 0 Å². The lowest BCUT2D eigenvalue weighted by Crippen LogP contribution is -2.52. The Kier molecular flexibility index (Phi) is 11.8. The Morgan fingerprint density at radius 1 is 0.512 bits per heavy atom. The van der Waals surface area contributed by atoms with Crippen molar-refractivity contribution in [1.82, 2.24) is 0 Å². The molecule has 1 amide bonds. The number of primary amides is 1. The van der Waals surface area contributed by atoms with Crippen molar-refractivity contribution in [2.45, 2.75) is 44.7 Å². The van der Waals surface area contributed by atoms with Gasteiger partial charge in [0, 0.05) is 0 Å². The number of rotatable bonds is 17. The van der Waals surface area contributed by atoms with Crippen molar-refractivity contribution >= 4 is 11.7 Å². The van der Waals surface area contributed by atoms with Gasteiger partial charge in [-0.15, -0.1) is 0 Å². The van der Waals surface area contributed by atoms with Crippen LogP contribution < -0.4 is 5.73 Å². The third kappa shape index (κ3) is 9.77. The molecular weight excluding hydrogens is 518 g/mol. The summed E-state index contributed by atoms with van der Waals surface area (Å²) in [5.74, 6) is -1.14. The molecule has 4 aromatic rings. The summed E-state index contributed by atoms with van der Waals surface area (Å²) in [6, 6.07) is 37.9. The van der Waals surface area contributed by atoms with Crippen LogP contribution in [0.1, 0.15) is 22.3 Å². The van der Waals surface area contributed by atoms with Gasteiger partial charge in [-0.05, 0) is 22.3 Å². The van der Waals surface area contributed by atoms with Crippen LogP contribution in [0.4, 0.5) is 0 Å². The predicted octanol–water partition coefficient (Wildman–Crippen LogP) is 5.01. The SMILES string of the molecule is NC(=O)[C@H](OCc1ccccc1)[C@H](OCc1ccccc1)[C@H](OCc1ccccc1)C(=O)COCc1ccccc1. The lowest BCUT2D eigenvalue weighted by atomic mass is 10.0. The number of carbonyl (C=O) groups excluding carboxylic acids is 2. The van der Waals surface area contributed by atoms with Crippen LogP contribution in [0.2, 0.25) is 0 Å². The van der Waals surface area contributed by atoms with Crippen molar-refractivity contribution in [2.75, 3.05) is 6.61 Å². The smallest absolute Gasteiger partial charge is 0.249 e. The Balaban J connectivity index is 1.57. The Morgan fingerprint density at radius 3 is 1.29 bits per heavy atom. The number of Topliss-reactive ketones (excluding diaryl/α,β-unsaturated/α-hetero) is 1. The van der Waals surface area contributed by atoms with Crippen molar-refractivity contribution in [3.8, 4) is 0 Å². The summed E-state index contributed by atoms with van der Waals surface area (Å²) in [4.78, 5) is 26.5. The van der Waals surface area contributed by atoms with E-state index in [1.165, 1.54) is 0 Å². The first-order valence-electron chi connectivity index (χ1n) is 13.5. The average Bonchev–Trinajstić information content (AvgIpc) is 3.01. The van der Waals surface area contributed by atoms with E-state index >= 15 is 0 Å². The summed E-state index contributed by atoms with van der Waals surface area (Å²) >= 11 is 0. The van der Waals surface area contributed by atoms with Crippen molar-refractivity contribution < 1.29 is 28.5 Å². The molecule has 0 saturated carbocycles. The molecule has 0 spiro atoms. The maximum absolute atomic E-state index is 13.7. The van der Waals surface area contributed by atoms with E-state index in [4.69, 9.17) is 24.7 Å². The second-order valence-electron chi connectivity index (χ2n) is 9.54. The standard InChI is InChI=1S/C34H35NO6/c35-34(37)33(41-24-29-19-11-4-12-20-29)32(40-23-28-17-9-3-10-18-28)31(39-22-27-15-7-2-8-16-27)30(36)25-38-21-26-13-5-1-6-14-26/h1-20,31-33H,21-25H2,(H2,35,37)/t31-,32-,33-/m1/s1. The van der Waals surface area contributed by atoms with Gasteiger partial charge in [0.1, 0.15) is 18.8 Å². The molecule has 0 unspecified atom stereocenters. The van der Waals surface area contributed by atoms with Gasteiger partial charge >= 0.3 is 0 Å². The third-order valence-corrected chi connectivity index (χ3v) is 6.38. The van der Waals surface area contributed by atoms with Crippen LogP contribution in [0, 0.1) is 0 Å². The minimum atomic E-state index is -1.27. The van der Waals surface area contributed by atoms with E-state index in [2.05, 4.69) is 0 Å². The zero-order chi connectivity index (χ0) is 28.7. The molecule has 3 atom stereocenters. The minimum absolute atomic E-state index is 0.101. The first kappa shape index (κ1) is 29.8. The summed E-state index contributed by atoms with van der Waals surface area (Å²) in [5, 5.41) is 0. The van der Waals surface area contributed by atoms with E-state index in [-0.39, 0.29) is 38.8 Å². The monoisotopic (exact) mass is 553 g/mol. The first-order valence-corrected chi connectivity index (χ1v) is 13.5. The molecule has 0 aliphatic carbocycles. The summed E-state index contributed by atoms with van der Waals surface area (Å²) in [7, 11) is 0. The molecule has 0 aromatic heterocycles. The number of nitrogens with two attached hydrogens (primary N) is 1. The molecule has 0 aliphatic rings. The fourth-order valence-electron chi connectivity index (χ4n) is 4.26. The third-order valence-electron chi connectivity index (χ3n) is 6.38. The van der Waals surface area contributed by atoms with Gasteiger partial charge in [-0.1, -0.05) is 121 Å². The lowest BCUT2D eigenvalue weighted by molar-refractivity contribution is -0.175. The highest BCUT2D eigenvalue weighted by Crippen LogP contribution is 2.20. The number of hydrogen-bond acceptors (Lipinski definition) is 6. The van der Waals surface area contributed by atoms with Gasteiger partial charge in [0.15, 0.2) is 11.9 Å². The predicted molar refractivity (Wildman–Crippen MR) is 155 cm³/mol. The second-order valence-corrected chi connectivity index (χ2v) is 9.54. The molecule has 0 radical (unpaired) electrons. The molecular formula is C34H35NO6. The topological polar surface area (TPSA) is 97.1 Å². The van der Waals surface area contributed by atoms with E-state index in [1.54, 1.807) is 0 Å². The highest BCUT2D eigenvalue weighted by Gasteiger charge is 2.40. The molecule has 0 aliphatic heterocycles. The van der Waals surface area contributed by atoms with Gasteiger partial charge in [-0.3, -0.25) is 9.59 Å². The van der Waals surface area contributed by atoms with E-state index in [0.717, 1.165) is 22.3 Å². The van der Waals surface area contributed by atoms with Gasteiger partial charge in [-0.2, -0.15) is 0 Å². The van der Waals surface area contributed by atoms with Crippen LogP contribution in [0.3, 0.4) is 0 Å². The van der Waals surface area contributed by atoms with E-state index < -0.39 is 24.2 Å². The molecule has 4 aromatic carbocycles. The number of hydrogen-bond donors (Lipinski definition) is 1. The lowest BCUT2D eigenvalue weighted by Gasteiger charge is -2.31. The maximum atomic E-state index is 13.7. The Hall–Kier alpha value is -4.14. The van der Waals surface area contributed by atoms with E-state index in [0.29, 0.717) is 0 Å². The number of carbonyl (C=O) groups is 2. The maximum Gasteiger partial charge on any atom is 0.249 e. The molecule has 2 N–H and O–H groups in total. The van der Waals surface area contributed by atoms with Gasteiger partial charge in [-0.25, -0.2) is 0 Å². The summed E-state index contributed by atoms with van der Waals surface area (Å²) in [6.45, 7) is 0.337. The highest BCUT2D eigenvalue weighted by atomic mass is 16.6. The molecule has 7 nitrogen and oxygen atoms in total. The first-order chi connectivity index (χ1) is 20.1. The molecule has 0 fully saturated rings. The van der Waals surface area contributed by atoms with Gasteiger partial charge in [0.05, 0.1) is 26.4 Å². The zero-order valence-electron chi connectivity index (χ0n) is 22.8. The normalized spacial score (nSPS) is 13.3. The second kappa shape index (κ2) is 16.2. The number of ether oxygens (including phenoxy) is 4. The largest absolute Gasteiger partial charge is 0.369 e. The van der Waals surface area contributed by atoms with Gasteiger partial charge in [0.25, 0.3) is 0 Å². The fourth-order valence-corrected chi connectivity index (χ4v) is 4.26. The molecule has 41 heavy (non-hydrogen) atoms. The van der Waals surface area contributed by atoms with Gasteiger partial charge in [0.2, 0.25) is 5.91 Å². The van der Waals surface area contributed by atoms with Crippen molar-refractivity contribution in [2.24, 2.45) is 5.73 Å². The molecule has 0 bridgehead atoms. The summed E-state index contributed by atoms with van der Waals surface area (Å²) in [5.41, 5.74) is 9.35. The fraction of sp³-hybridized carbons (Fsp3) is 0.235. The van der Waals surface area contributed by atoms with E-state index in [1.807, 2.05) is 121 Å². The quantitative estimate of drug-likeness (QED) is 0.197. The van der Waals surface area contributed by atoms with Crippen LogP contribution in [-0.2, 0) is 55.0 Å². The number of ketones is 1.